The Balaban J connectivity index is 1.91. The van der Waals surface area contributed by atoms with Gasteiger partial charge < -0.3 is 4.74 Å². The first-order valence-corrected chi connectivity index (χ1v) is 9.79. The van der Waals surface area contributed by atoms with Crippen LogP contribution in [0.4, 0.5) is 8.78 Å². The van der Waals surface area contributed by atoms with E-state index in [0.29, 0.717) is 18.1 Å². The van der Waals surface area contributed by atoms with E-state index >= 15 is 0 Å². The quantitative estimate of drug-likeness (QED) is 0.548. The van der Waals surface area contributed by atoms with Gasteiger partial charge in [0.05, 0.1) is 6.61 Å². The van der Waals surface area contributed by atoms with E-state index in [2.05, 4.69) is 13.0 Å². The molecule has 3 rings (SSSR count). The topological polar surface area (TPSA) is 9.23 Å². The van der Waals surface area contributed by atoms with E-state index < -0.39 is 11.6 Å². The van der Waals surface area contributed by atoms with Crippen molar-refractivity contribution in [2.75, 3.05) is 6.61 Å². The summed E-state index contributed by atoms with van der Waals surface area (Å²) in [4.78, 5) is 0. The molecule has 1 saturated carbocycles. The summed E-state index contributed by atoms with van der Waals surface area (Å²) in [7, 11) is 0. The number of ether oxygens (including phenoxy) is 1. The number of hydrogen-bond acceptors (Lipinski definition) is 1. The summed E-state index contributed by atoms with van der Waals surface area (Å²) >= 11 is 0. The second-order valence-electron chi connectivity index (χ2n) is 7.27. The fourth-order valence-electron chi connectivity index (χ4n) is 4.10. The fourth-order valence-corrected chi connectivity index (χ4v) is 4.10. The van der Waals surface area contributed by atoms with Crippen LogP contribution in [0.2, 0.25) is 0 Å². The maximum atomic E-state index is 14.5. The predicted molar refractivity (Wildman–Crippen MR) is 102 cm³/mol. The Morgan fingerprint density at radius 1 is 0.962 bits per heavy atom. The lowest BCUT2D eigenvalue weighted by molar-refractivity contribution is 0.128. The lowest BCUT2D eigenvalue weighted by atomic mass is 9.76. The van der Waals surface area contributed by atoms with Crippen molar-refractivity contribution >= 4 is 0 Å². The Hall–Kier alpha value is -1.74. The van der Waals surface area contributed by atoms with Gasteiger partial charge >= 0.3 is 0 Å². The molecular weight excluding hydrogens is 330 g/mol. The highest BCUT2D eigenvalue weighted by Gasteiger charge is 2.24. The van der Waals surface area contributed by atoms with Gasteiger partial charge in [0.25, 0.3) is 0 Å². The number of benzene rings is 2. The third kappa shape index (κ3) is 4.15. The standard InChI is InChI=1S/C23H28F2O/c1-3-16-9-11-17(12-10-16)19-7-5-6-8-20(19)18-13-22(24)21(15-26-4-2)23(25)14-18/h5-8,13-14,16-17H,3-4,9-12,15H2,1-2H3. The molecule has 0 aliphatic heterocycles. The van der Waals surface area contributed by atoms with Crippen LogP contribution in [0.25, 0.3) is 11.1 Å². The number of rotatable bonds is 6. The Morgan fingerprint density at radius 3 is 2.23 bits per heavy atom. The van der Waals surface area contributed by atoms with Gasteiger partial charge in [-0.15, -0.1) is 0 Å². The number of hydrogen-bond donors (Lipinski definition) is 0. The molecule has 0 saturated heterocycles. The molecule has 0 aromatic heterocycles. The van der Waals surface area contributed by atoms with Crippen LogP contribution in [-0.2, 0) is 11.3 Å². The van der Waals surface area contributed by atoms with Crippen molar-refractivity contribution in [2.24, 2.45) is 5.92 Å². The average molecular weight is 358 g/mol. The molecule has 2 aromatic rings. The first-order chi connectivity index (χ1) is 12.6. The Morgan fingerprint density at radius 2 is 1.62 bits per heavy atom. The summed E-state index contributed by atoms with van der Waals surface area (Å²) in [6, 6.07) is 11.0. The molecule has 2 aromatic carbocycles. The van der Waals surface area contributed by atoms with Crippen molar-refractivity contribution < 1.29 is 13.5 Å². The summed E-state index contributed by atoms with van der Waals surface area (Å²) in [5.41, 5.74) is 2.80. The van der Waals surface area contributed by atoms with Gasteiger partial charge in [0.1, 0.15) is 11.6 Å². The highest BCUT2D eigenvalue weighted by atomic mass is 19.1. The van der Waals surface area contributed by atoms with Crippen LogP contribution in [0.15, 0.2) is 36.4 Å². The Kier molecular flexibility index (Phi) is 6.42. The van der Waals surface area contributed by atoms with Crippen LogP contribution < -0.4 is 0 Å². The Bertz CT molecular complexity index is 710. The van der Waals surface area contributed by atoms with E-state index in [1.807, 2.05) is 25.1 Å². The van der Waals surface area contributed by atoms with Crippen LogP contribution in [0.3, 0.4) is 0 Å². The molecule has 1 aliphatic rings. The summed E-state index contributed by atoms with van der Waals surface area (Å²) in [5, 5.41) is 0. The van der Waals surface area contributed by atoms with Crippen LogP contribution in [-0.4, -0.2) is 6.61 Å². The highest BCUT2D eigenvalue weighted by Crippen LogP contribution is 2.41. The van der Waals surface area contributed by atoms with Crippen molar-refractivity contribution in [1.82, 2.24) is 0 Å². The van der Waals surface area contributed by atoms with E-state index in [-0.39, 0.29) is 12.2 Å². The first-order valence-electron chi connectivity index (χ1n) is 9.79. The SMILES string of the molecule is CCOCc1c(F)cc(-c2ccccc2C2CCC(CC)CC2)cc1F. The molecule has 1 fully saturated rings. The zero-order valence-electron chi connectivity index (χ0n) is 15.7. The van der Waals surface area contributed by atoms with E-state index in [1.165, 1.54) is 37.0 Å². The van der Waals surface area contributed by atoms with E-state index in [4.69, 9.17) is 4.74 Å². The van der Waals surface area contributed by atoms with E-state index in [9.17, 15) is 8.78 Å². The normalized spacial score (nSPS) is 20.3. The van der Waals surface area contributed by atoms with Crippen molar-refractivity contribution in [3.63, 3.8) is 0 Å². The zero-order valence-corrected chi connectivity index (χ0v) is 15.7. The van der Waals surface area contributed by atoms with E-state index in [1.54, 1.807) is 0 Å². The lowest BCUT2D eigenvalue weighted by Crippen LogP contribution is -2.13. The van der Waals surface area contributed by atoms with Crippen LogP contribution >= 0.6 is 0 Å². The molecule has 1 nitrogen and oxygen atoms in total. The molecule has 0 amide bonds. The van der Waals surface area contributed by atoms with Gasteiger partial charge in [-0.3, -0.25) is 0 Å². The summed E-state index contributed by atoms with van der Waals surface area (Å²) in [5.74, 6) is 0.241. The highest BCUT2D eigenvalue weighted by molar-refractivity contribution is 5.68. The van der Waals surface area contributed by atoms with Crippen LogP contribution in [0, 0.1) is 17.6 Å². The van der Waals surface area contributed by atoms with Gasteiger partial charge in [0.2, 0.25) is 0 Å². The predicted octanol–water partition coefficient (Wildman–Crippen LogP) is 6.85. The third-order valence-electron chi connectivity index (χ3n) is 5.73. The molecule has 0 bridgehead atoms. The molecule has 26 heavy (non-hydrogen) atoms. The molecule has 0 atom stereocenters. The lowest BCUT2D eigenvalue weighted by Gasteiger charge is -2.29. The van der Waals surface area contributed by atoms with Gasteiger partial charge in [0, 0.05) is 12.2 Å². The third-order valence-corrected chi connectivity index (χ3v) is 5.73. The fraction of sp³-hybridized carbons (Fsp3) is 0.478. The van der Waals surface area contributed by atoms with Crippen molar-refractivity contribution in [2.45, 2.75) is 58.5 Å². The second-order valence-corrected chi connectivity index (χ2v) is 7.27. The van der Waals surface area contributed by atoms with Crippen LogP contribution in [0.5, 0.6) is 0 Å². The van der Waals surface area contributed by atoms with Gasteiger partial charge in [0.15, 0.2) is 0 Å². The zero-order chi connectivity index (χ0) is 18.5. The van der Waals surface area contributed by atoms with Gasteiger partial charge in [-0.2, -0.15) is 0 Å². The minimum absolute atomic E-state index is 0.0107. The average Bonchev–Trinajstić information content (AvgIpc) is 2.67. The number of halogens is 2. The minimum atomic E-state index is -0.530. The molecule has 0 spiro atoms. The maximum Gasteiger partial charge on any atom is 0.132 e. The molecule has 1 aliphatic carbocycles. The molecule has 0 radical (unpaired) electrons. The molecular formula is C23H28F2O. The summed E-state index contributed by atoms with van der Waals surface area (Å²) in [6.07, 6.45) is 6.04. The molecule has 140 valence electrons. The summed E-state index contributed by atoms with van der Waals surface area (Å²) < 4.78 is 34.1. The molecule has 0 N–H and O–H groups in total. The minimum Gasteiger partial charge on any atom is -0.377 e. The van der Waals surface area contributed by atoms with E-state index in [0.717, 1.165) is 24.3 Å². The summed E-state index contributed by atoms with van der Waals surface area (Å²) in [6.45, 7) is 4.48. The first kappa shape index (κ1) is 19.0. The van der Waals surface area contributed by atoms with Crippen molar-refractivity contribution in [3.05, 3.63) is 59.2 Å². The van der Waals surface area contributed by atoms with Gasteiger partial charge in [-0.05, 0) is 73.3 Å². The largest absolute Gasteiger partial charge is 0.377 e. The van der Waals surface area contributed by atoms with Crippen molar-refractivity contribution in [1.29, 1.82) is 0 Å². The monoisotopic (exact) mass is 358 g/mol. The smallest absolute Gasteiger partial charge is 0.132 e. The molecule has 0 heterocycles. The van der Waals surface area contributed by atoms with Gasteiger partial charge in [-0.1, -0.05) is 37.6 Å². The second kappa shape index (κ2) is 8.77. The van der Waals surface area contributed by atoms with Crippen LogP contribution in [0.1, 0.15) is 63.0 Å². The maximum absolute atomic E-state index is 14.5. The molecule has 3 heteroatoms. The van der Waals surface area contributed by atoms with Gasteiger partial charge in [-0.25, -0.2) is 8.78 Å². The van der Waals surface area contributed by atoms with Crippen molar-refractivity contribution in [3.8, 4) is 11.1 Å². The Labute approximate surface area is 155 Å². The molecule has 0 unspecified atom stereocenters.